The number of hydrogen-bond acceptors (Lipinski definition) is 2. The van der Waals surface area contributed by atoms with Gasteiger partial charge in [0.25, 0.3) is 0 Å². The Kier molecular flexibility index (Phi) is 5.45. The Balaban J connectivity index is 2.25. The molecule has 0 saturated heterocycles. The summed E-state index contributed by atoms with van der Waals surface area (Å²) in [6, 6.07) is 0.580. The minimum absolute atomic E-state index is 0.580. The van der Waals surface area contributed by atoms with Crippen molar-refractivity contribution in [2.24, 2.45) is 0 Å². The summed E-state index contributed by atoms with van der Waals surface area (Å²) in [6.07, 6.45) is 5.46. The van der Waals surface area contributed by atoms with Gasteiger partial charge in [-0.25, -0.2) is 0 Å². The molecule has 0 aliphatic carbocycles. The van der Waals surface area contributed by atoms with Gasteiger partial charge >= 0.3 is 0 Å². The van der Waals surface area contributed by atoms with Gasteiger partial charge in [-0.3, -0.25) is 0 Å². The fourth-order valence-corrected chi connectivity index (χ4v) is 2.47. The van der Waals surface area contributed by atoms with Crippen LogP contribution in [0.25, 0.3) is 6.08 Å². The second-order valence-electron chi connectivity index (χ2n) is 3.47. The lowest BCUT2D eigenvalue weighted by atomic mass is 10.2. The van der Waals surface area contributed by atoms with Crippen molar-refractivity contribution in [3.63, 3.8) is 0 Å². The summed E-state index contributed by atoms with van der Waals surface area (Å²) < 4.78 is 1.19. The predicted molar refractivity (Wildman–Crippen MR) is 68.8 cm³/mol. The van der Waals surface area contributed by atoms with Crippen molar-refractivity contribution >= 4 is 33.3 Å². The van der Waals surface area contributed by atoms with Gasteiger partial charge in [-0.15, -0.1) is 0 Å². The first-order valence-electron chi connectivity index (χ1n) is 4.81. The molecule has 0 amide bonds. The highest BCUT2D eigenvalue weighted by Gasteiger charge is 1.94. The zero-order valence-electron chi connectivity index (χ0n) is 8.59. The third-order valence-corrected chi connectivity index (χ3v) is 3.55. The van der Waals surface area contributed by atoms with E-state index in [-0.39, 0.29) is 0 Å². The Morgan fingerprint density at radius 2 is 2.29 bits per heavy atom. The van der Waals surface area contributed by atoms with Crippen molar-refractivity contribution in [1.29, 1.82) is 0 Å². The van der Waals surface area contributed by atoms with E-state index in [1.54, 1.807) is 11.3 Å². The van der Waals surface area contributed by atoms with Crippen molar-refractivity contribution in [2.45, 2.75) is 26.3 Å². The average Bonchev–Trinajstić information content (AvgIpc) is 2.51. The monoisotopic (exact) mass is 273 g/mol. The van der Waals surface area contributed by atoms with Gasteiger partial charge in [0.2, 0.25) is 0 Å². The van der Waals surface area contributed by atoms with Crippen LogP contribution in [0.4, 0.5) is 0 Å². The Morgan fingerprint density at radius 1 is 1.50 bits per heavy atom. The molecule has 14 heavy (non-hydrogen) atoms. The van der Waals surface area contributed by atoms with Crippen molar-refractivity contribution in [3.05, 3.63) is 26.9 Å². The number of hydrogen-bond donors (Lipinski definition) is 1. The molecule has 1 rings (SSSR count). The summed E-state index contributed by atoms with van der Waals surface area (Å²) in [6.45, 7) is 5.38. The van der Waals surface area contributed by atoms with Gasteiger partial charge in [-0.1, -0.05) is 26.0 Å². The van der Waals surface area contributed by atoms with E-state index >= 15 is 0 Å². The van der Waals surface area contributed by atoms with Gasteiger partial charge < -0.3 is 5.32 Å². The Bertz CT molecular complexity index is 291. The largest absolute Gasteiger partial charge is 0.314 e. The molecule has 0 bridgehead atoms. The molecule has 0 atom stereocenters. The maximum absolute atomic E-state index is 3.50. The van der Waals surface area contributed by atoms with Crippen LogP contribution in [0, 0.1) is 0 Å². The minimum Gasteiger partial charge on any atom is -0.314 e. The van der Waals surface area contributed by atoms with Crippen LogP contribution in [0.1, 0.15) is 25.8 Å². The predicted octanol–water partition coefficient (Wildman–Crippen LogP) is 3.91. The van der Waals surface area contributed by atoms with Gasteiger partial charge in [0.15, 0.2) is 0 Å². The summed E-state index contributed by atoms with van der Waals surface area (Å²) in [5, 5.41) is 7.63. The fourth-order valence-electron chi connectivity index (χ4n) is 1.08. The molecule has 1 N–H and O–H groups in total. The molecule has 1 heterocycles. The molecular weight excluding hydrogens is 258 g/mol. The van der Waals surface area contributed by atoms with E-state index in [9.17, 15) is 0 Å². The van der Waals surface area contributed by atoms with E-state index in [1.165, 1.54) is 10.0 Å². The second kappa shape index (κ2) is 6.38. The molecule has 0 radical (unpaired) electrons. The van der Waals surface area contributed by atoms with E-state index < -0.39 is 0 Å². The first-order valence-corrected chi connectivity index (χ1v) is 6.55. The maximum Gasteiger partial charge on any atom is 0.0354 e. The van der Waals surface area contributed by atoms with Crippen molar-refractivity contribution in [3.8, 4) is 0 Å². The van der Waals surface area contributed by atoms with Crippen LogP contribution >= 0.6 is 27.3 Å². The lowest BCUT2D eigenvalue weighted by molar-refractivity contribution is 0.595. The van der Waals surface area contributed by atoms with E-state index in [1.807, 2.05) is 0 Å². The molecule has 0 spiro atoms. The Morgan fingerprint density at radius 3 is 2.86 bits per heavy atom. The van der Waals surface area contributed by atoms with E-state index in [4.69, 9.17) is 0 Å². The maximum atomic E-state index is 3.50. The topological polar surface area (TPSA) is 12.0 Å². The van der Waals surface area contributed by atoms with Crippen LogP contribution in [0.3, 0.4) is 0 Å². The molecule has 0 aliphatic rings. The third-order valence-electron chi connectivity index (χ3n) is 1.80. The lowest BCUT2D eigenvalue weighted by Gasteiger charge is -2.04. The van der Waals surface area contributed by atoms with E-state index in [0.29, 0.717) is 6.04 Å². The number of rotatable bonds is 5. The summed E-state index contributed by atoms with van der Waals surface area (Å²) in [5.41, 5.74) is 1.28. The molecule has 0 saturated carbocycles. The van der Waals surface area contributed by atoms with Crippen LogP contribution in [0.2, 0.25) is 0 Å². The Hall–Kier alpha value is -0.120. The molecule has 1 nitrogen and oxygen atoms in total. The second-order valence-corrected chi connectivity index (χ2v) is 5.07. The molecule has 0 fully saturated rings. The third kappa shape index (κ3) is 4.40. The molecule has 1 aromatic heterocycles. The standard InChI is InChI=1S/C11H16BrNS/c1-9(2)13-6-4-3-5-10-7-14-8-11(10)12/h3,5,7-9,13H,4,6H2,1-2H3. The van der Waals surface area contributed by atoms with Crippen LogP contribution < -0.4 is 5.32 Å². The van der Waals surface area contributed by atoms with Crippen LogP contribution in [0.15, 0.2) is 21.3 Å². The quantitative estimate of drug-likeness (QED) is 0.803. The molecule has 0 aromatic carbocycles. The minimum atomic E-state index is 0.580. The van der Waals surface area contributed by atoms with Crippen LogP contribution in [-0.2, 0) is 0 Å². The summed E-state index contributed by atoms with van der Waals surface area (Å²) in [7, 11) is 0. The van der Waals surface area contributed by atoms with Crippen molar-refractivity contribution < 1.29 is 0 Å². The summed E-state index contributed by atoms with van der Waals surface area (Å²) >= 11 is 5.22. The van der Waals surface area contributed by atoms with Crippen LogP contribution in [0.5, 0.6) is 0 Å². The molecule has 3 heteroatoms. The van der Waals surface area contributed by atoms with Gasteiger partial charge in [-0.05, 0) is 39.8 Å². The SMILES string of the molecule is CC(C)NCCC=Cc1cscc1Br. The van der Waals surface area contributed by atoms with E-state index in [2.05, 4.69) is 58.0 Å². The van der Waals surface area contributed by atoms with Gasteiger partial charge in [0, 0.05) is 15.9 Å². The highest BCUT2D eigenvalue weighted by molar-refractivity contribution is 9.10. The van der Waals surface area contributed by atoms with Crippen molar-refractivity contribution in [1.82, 2.24) is 5.32 Å². The molecule has 0 unspecified atom stereocenters. The molecule has 0 aliphatic heterocycles. The van der Waals surface area contributed by atoms with E-state index in [0.717, 1.165) is 13.0 Å². The van der Waals surface area contributed by atoms with Gasteiger partial charge in [0.05, 0.1) is 0 Å². The number of nitrogens with one attached hydrogen (secondary N) is 1. The van der Waals surface area contributed by atoms with Crippen molar-refractivity contribution in [2.75, 3.05) is 6.54 Å². The summed E-state index contributed by atoms with van der Waals surface area (Å²) in [5.74, 6) is 0. The zero-order valence-corrected chi connectivity index (χ0v) is 11.0. The lowest BCUT2D eigenvalue weighted by Crippen LogP contribution is -2.23. The Labute approximate surface area is 98.4 Å². The molecular formula is C11H16BrNS. The highest BCUT2D eigenvalue weighted by atomic mass is 79.9. The van der Waals surface area contributed by atoms with Gasteiger partial charge in [0.1, 0.15) is 0 Å². The van der Waals surface area contributed by atoms with Crippen LogP contribution in [-0.4, -0.2) is 12.6 Å². The average molecular weight is 274 g/mol. The normalized spacial score (nSPS) is 11.7. The smallest absolute Gasteiger partial charge is 0.0354 e. The fraction of sp³-hybridized carbons (Fsp3) is 0.455. The molecule has 78 valence electrons. The number of halogens is 1. The molecule has 1 aromatic rings. The first kappa shape index (κ1) is 12.0. The zero-order chi connectivity index (χ0) is 10.4. The summed E-state index contributed by atoms with van der Waals surface area (Å²) in [4.78, 5) is 0. The highest BCUT2D eigenvalue weighted by Crippen LogP contribution is 2.22. The number of thiophene rings is 1. The van der Waals surface area contributed by atoms with Gasteiger partial charge in [-0.2, -0.15) is 11.3 Å². The first-order chi connectivity index (χ1) is 6.70.